The van der Waals surface area contributed by atoms with E-state index in [1.807, 2.05) is 0 Å². The van der Waals surface area contributed by atoms with E-state index in [1.165, 1.54) is 12.8 Å². The Hall–Kier alpha value is -2.79. The number of nitrogens with zero attached hydrogens (tertiary/aromatic N) is 2. The molecular formula is C22H29F3N4O4. The van der Waals surface area contributed by atoms with E-state index >= 15 is 0 Å². The number of nitrogens with one attached hydrogen (secondary N) is 2. The maximum absolute atomic E-state index is 12.7. The molecule has 1 aliphatic carbocycles. The van der Waals surface area contributed by atoms with Crippen LogP contribution in [0.5, 0.6) is 0 Å². The normalized spacial score (nSPS) is 21.2. The van der Waals surface area contributed by atoms with Crippen LogP contribution in [-0.2, 0) is 9.63 Å². The van der Waals surface area contributed by atoms with Crippen LogP contribution in [0.1, 0.15) is 49.9 Å². The van der Waals surface area contributed by atoms with Crippen LogP contribution in [0.2, 0.25) is 0 Å². The van der Waals surface area contributed by atoms with E-state index < -0.39 is 11.9 Å². The van der Waals surface area contributed by atoms with Gasteiger partial charge in [-0.25, -0.2) is 5.01 Å². The lowest BCUT2D eigenvalue weighted by atomic mass is 9.84. The molecule has 1 aromatic carbocycles. The third-order valence-corrected chi connectivity index (χ3v) is 5.93. The molecule has 2 fully saturated rings. The quantitative estimate of drug-likeness (QED) is 0.568. The van der Waals surface area contributed by atoms with Crippen LogP contribution in [-0.4, -0.2) is 53.7 Å². The maximum Gasteiger partial charge on any atom is 0.453 e. The van der Waals surface area contributed by atoms with E-state index in [9.17, 15) is 18.0 Å². The first-order valence-electron chi connectivity index (χ1n) is 10.7. The third kappa shape index (κ3) is 6.61. The Morgan fingerprint density at radius 3 is 2.39 bits per heavy atom. The largest absolute Gasteiger partial charge is 0.483 e. The summed E-state index contributed by atoms with van der Waals surface area (Å²) >= 11 is 0. The zero-order valence-corrected chi connectivity index (χ0v) is 18.6. The highest BCUT2D eigenvalue weighted by molar-refractivity contribution is 5.95. The molecule has 0 unspecified atom stereocenters. The molecule has 2 aliphatic heterocycles. The molecule has 0 bridgehead atoms. The van der Waals surface area contributed by atoms with E-state index in [4.69, 9.17) is 9.90 Å². The number of anilines is 1. The third-order valence-electron chi connectivity index (χ3n) is 5.93. The molecule has 11 heteroatoms. The predicted molar refractivity (Wildman–Crippen MR) is 115 cm³/mol. The molecule has 2 heterocycles. The molecule has 1 aromatic rings. The van der Waals surface area contributed by atoms with Gasteiger partial charge < -0.3 is 20.2 Å². The fourth-order valence-electron chi connectivity index (χ4n) is 4.19. The summed E-state index contributed by atoms with van der Waals surface area (Å²) in [5, 5.41) is 11.2. The van der Waals surface area contributed by atoms with Gasteiger partial charge in [0.25, 0.3) is 12.4 Å². The summed E-state index contributed by atoms with van der Waals surface area (Å²) in [5.41, 5.74) is 3.24. The van der Waals surface area contributed by atoms with Crippen molar-refractivity contribution in [2.75, 3.05) is 24.6 Å². The molecule has 4 rings (SSSR count). The van der Waals surface area contributed by atoms with Crippen molar-refractivity contribution in [3.8, 4) is 0 Å². The average molecular weight is 470 g/mol. The SMILES string of the molecule is CC1(C)CCCN(CC2(NC(=O)c3ccc(N4C=C(C(F)(F)F)ON4)cc3)CC2)C1.O=CO. The monoisotopic (exact) mass is 470 g/mol. The lowest BCUT2D eigenvalue weighted by Gasteiger charge is -2.39. The maximum atomic E-state index is 12.7. The standard InChI is InChI=1S/C21H27F3N4O2.CH2O2/c1-19(2)8-3-11-27(13-19)14-20(9-10-20)25-18(29)15-4-6-16(7-5-15)28-12-17(30-26-28)21(22,23)24;2-1-3/h4-7,12,26H,3,8-11,13-14H2,1-2H3,(H,25,29);1H,(H,2,3). The van der Waals surface area contributed by atoms with Crippen LogP contribution >= 0.6 is 0 Å². The minimum atomic E-state index is -4.57. The fraction of sp³-hybridized carbons (Fsp3) is 0.545. The summed E-state index contributed by atoms with van der Waals surface area (Å²) in [6, 6.07) is 6.36. The van der Waals surface area contributed by atoms with Gasteiger partial charge in [-0.05, 0) is 61.9 Å². The lowest BCUT2D eigenvalue weighted by Crippen LogP contribution is -2.50. The Bertz CT molecular complexity index is 883. The van der Waals surface area contributed by atoms with Crippen molar-refractivity contribution in [3.63, 3.8) is 0 Å². The number of allylic oxidation sites excluding steroid dienone is 1. The second-order valence-electron chi connectivity index (χ2n) is 9.42. The van der Waals surface area contributed by atoms with E-state index in [2.05, 4.69) is 34.5 Å². The van der Waals surface area contributed by atoms with Gasteiger partial charge in [-0.1, -0.05) is 19.4 Å². The first kappa shape index (κ1) is 24.8. The highest BCUT2D eigenvalue weighted by atomic mass is 19.4. The molecule has 3 aliphatic rings. The Kier molecular flexibility index (Phi) is 7.23. The summed E-state index contributed by atoms with van der Waals surface area (Å²) in [6.45, 7) is 7.28. The number of likely N-dealkylation sites (tertiary alicyclic amines) is 1. The number of carboxylic acid groups (broad SMARTS) is 1. The van der Waals surface area contributed by atoms with Gasteiger partial charge in [-0.2, -0.15) is 13.2 Å². The number of carbonyl (C=O) groups excluding carboxylic acids is 1. The molecule has 33 heavy (non-hydrogen) atoms. The number of hydrogen-bond donors (Lipinski definition) is 3. The minimum absolute atomic E-state index is 0.160. The van der Waals surface area contributed by atoms with Crippen LogP contribution in [0.25, 0.3) is 0 Å². The van der Waals surface area contributed by atoms with Gasteiger partial charge in [0.2, 0.25) is 5.76 Å². The van der Waals surface area contributed by atoms with Gasteiger partial charge in [0.05, 0.1) is 17.4 Å². The van der Waals surface area contributed by atoms with Crippen LogP contribution in [0, 0.1) is 5.41 Å². The molecule has 0 radical (unpaired) electrons. The molecule has 1 saturated heterocycles. The van der Waals surface area contributed by atoms with E-state index in [1.54, 1.807) is 24.3 Å². The van der Waals surface area contributed by atoms with E-state index in [0.717, 1.165) is 43.7 Å². The highest BCUT2D eigenvalue weighted by Gasteiger charge is 2.46. The molecule has 1 amide bonds. The van der Waals surface area contributed by atoms with Gasteiger partial charge in [0, 0.05) is 18.7 Å². The van der Waals surface area contributed by atoms with Crippen LogP contribution in [0.4, 0.5) is 18.9 Å². The molecule has 0 spiro atoms. The van der Waals surface area contributed by atoms with Gasteiger partial charge in [0.1, 0.15) is 0 Å². The van der Waals surface area contributed by atoms with E-state index in [0.29, 0.717) is 16.7 Å². The number of carbonyl (C=O) groups is 2. The summed E-state index contributed by atoms with van der Waals surface area (Å²) < 4.78 is 38.0. The highest BCUT2D eigenvalue weighted by Crippen LogP contribution is 2.39. The first-order chi connectivity index (χ1) is 15.5. The summed E-state index contributed by atoms with van der Waals surface area (Å²) in [7, 11) is 0. The Morgan fingerprint density at radius 1 is 1.24 bits per heavy atom. The topological polar surface area (TPSA) is 94.1 Å². The number of amides is 1. The smallest absolute Gasteiger partial charge is 0.453 e. The summed E-state index contributed by atoms with van der Waals surface area (Å²) in [6.07, 6.45) is 0.600. The van der Waals surface area contributed by atoms with Gasteiger partial charge >= 0.3 is 6.18 Å². The van der Waals surface area contributed by atoms with Crippen molar-refractivity contribution in [2.45, 2.75) is 51.2 Å². The van der Waals surface area contributed by atoms with Crippen molar-refractivity contribution >= 4 is 18.1 Å². The average Bonchev–Trinajstić information content (AvgIpc) is 3.26. The first-order valence-corrected chi connectivity index (χ1v) is 10.7. The minimum Gasteiger partial charge on any atom is -0.483 e. The molecule has 0 atom stereocenters. The van der Waals surface area contributed by atoms with Crippen molar-refractivity contribution in [3.05, 3.63) is 41.8 Å². The number of halogens is 3. The molecule has 3 N–H and O–H groups in total. The van der Waals surface area contributed by atoms with Crippen LogP contribution in [0.15, 0.2) is 36.2 Å². The number of hydrazine groups is 1. The summed E-state index contributed by atoms with van der Waals surface area (Å²) in [5.74, 6) is -1.28. The second-order valence-corrected chi connectivity index (χ2v) is 9.42. The molecule has 1 saturated carbocycles. The number of hydrogen-bond acceptors (Lipinski definition) is 6. The zero-order valence-electron chi connectivity index (χ0n) is 18.6. The number of alkyl halides is 3. The van der Waals surface area contributed by atoms with Crippen LogP contribution < -0.4 is 15.9 Å². The van der Waals surface area contributed by atoms with Crippen molar-refractivity contribution in [1.82, 2.24) is 15.8 Å². The number of benzene rings is 1. The van der Waals surface area contributed by atoms with Gasteiger partial charge in [0.15, 0.2) is 0 Å². The van der Waals surface area contributed by atoms with Crippen LogP contribution in [0.3, 0.4) is 0 Å². The lowest BCUT2D eigenvalue weighted by molar-refractivity contribution is -0.136. The Balaban J connectivity index is 0.000000968. The summed E-state index contributed by atoms with van der Waals surface area (Å²) in [4.78, 5) is 28.0. The van der Waals surface area contributed by atoms with E-state index in [-0.39, 0.29) is 17.9 Å². The Morgan fingerprint density at radius 2 is 1.88 bits per heavy atom. The van der Waals surface area contributed by atoms with Gasteiger partial charge in [-0.15, -0.1) is 0 Å². The number of piperidine rings is 1. The van der Waals surface area contributed by atoms with Gasteiger partial charge in [-0.3, -0.25) is 9.59 Å². The van der Waals surface area contributed by atoms with Crippen molar-refractivity contribution in [2.24, 2.45) is 5.41 Å². The Labute approximate surface area is 190 Å². The van der Waals surface area contributed by atoms with Crippen molar-refractivity contribution < 1.29 is 32.7 Å². The second kappa shape index (κ2) is 9.60. The predicted octanol–water partition coefficient (Wildman–Crippen LogP) is 3.43. The number of rotatable bonds is 5. The molecule has 182 valence electrons. The zero-order chi connectivity index (χ0) is 24.3. The molecular weight excluding hydrogens is 441 g/mol. The van der Waals surface area contributed by atoms with Crippen molar-refractivity contribution in [1.29, 1.82) is 0 Å². The molecule has 8 nitrogen and oxygen atoms in total. The molecule has 0 aromatic heterocycles. The fourth-order valence-corrected chi connectivity index (χ4v) is 4.19.